The maximum absolute atomic E-state index is 11.5. The third kappa shape index (κ3) is 4.51. The van der Waals surface area contributed by atoms with E-state index in [1.807, 2.05) is 30.3 Å². The van der Waals surface area contributed by atoms with Crippen molar-refractivity contribution in [2.45, 2.75) is 56.8 Å². The molecule has 3 atom stereocenters. The Morgan fingerprint density at radius 2 is 1.86 bits per heavy atom. The molecule has 8 heteroatoms. The summed E-state index contributed by atoms with van der Waals surface area (Å²) >= 11 is 13.0. The molecule has 36 heavy (non-hydrogen) atoms. The van der Waals surface area contributed by atoms with Crippen LogP contribution in [0.15, 0.2) is 47.0 Å². The molecule has 0 radical (unpaired) electrons. The zero-order valence-electron chi connectivity index (χ0n) is 20.1. The summed E-state index contributed by atoms with van der Waals surface area (Å²) in [6.07, 6.45) is 4.82. The van der Waals surface area contributed by atoms with Crippen molar-refractivity contribution in [3.8, 4) is 11.3 Å². The van der Waals surface area contributed by atoms with Crippen molar-refractivity contribution in [1.82, 2.24) is 5.16 Å². The third-order valence-corrected chi connectivity index (χ3v) is 8.36. The molecule has 0 N–H and O–H groups in total. The average Bonchev–Trinajstić information content (AvgIpc) is 3.33. The van der Waals surface area contributed by atoms with Gasteiger partial charge in [0.05, 0.1) is 36.3 Å². The van der Waals surface area contributed by atoms with Crippen LogP contribution < -0.4 is 4.90 Å². The Balaban J connectivity index is 1.14. The number of hydrogen-bond acceptors (Lipinski definition) is 6. The summed E-state index contributed by atoms with van der Waals surface area (Å²) in [5.41, 5.74) is 4.55. The van der Waals surface area contributed by atoms with Crippen LogP contribution >= 0.6 is 23.2 Å². The molecule has 2 bridgehead atoms. The maximum atomic E-state index is 11.5. The summed E-state index contributed by atoms with van der Waals surface area (Å²) < 4.78 is 17.1. The van der Waals surface area contributed by atoms with Gasteiger partial charge < -0.3 is 18.9 Å². The first-order valence-corrected chi connectivity index (χ1v) is 13.2. The summed E-state index contributed by atoms with van der Waals surface area (Å²) in [6, 6.07) is 14.2. The molecule has 2 saturated carbocycles. The second-order valence-electron chi connectivity index (χ2n) is 10.1. The molecule has 3 fully saturated rings. The van der Waals surface area contributed by atoms with Crippen molar-refractivity contribution in [2.24, 2.45) is 5.92 Å². The minimum Gasteiger partial charge on any atom is -0.469 e. The number of methoxy groups -OCH3 is 1. The molecule has 0 amide bonds. The van der Waals surface area contributed by atoms with Crippen LogP contribution in [0, 0.1) is 5.92 Å². The lowest BCUT2D eigenvalue weighted by Crippen LogP contribution is -2.38. The Bertz CT molecular complexity index is 1250. The first kappa shape index (κ1) is 23.8. The molecule has 2 heterocycles. The number of ether oxygens (including phenoxy) is 2. The van der Waals surface area contributed by atoms with Gasteiger partial charge in [-0.3, -0.25) is 4.79 Å². The molecule has 3 aromatic rings. The summed E-state index contributed by atoms with van der Waals surface area (Å²) in [7, 11) is 1.42. The number of aromatic nitrogens is 1. The largest absolute Gasteiger partial charge is 0.469 e. The molecule has 0 spiro atoms. The molecule has 1 aliphatic heterocycles. The Morgan fingerprint density at radius 1 is 1.11 bits per heavy atom. The van der Waals surface area contributed by atoms with Crippen molar-refractivity contribution in [3.05, 3.63) is 69.4 Å². The van der Waals surface area contributed by atoms with E-state index in [1.165, 1.54) is 12.8 Å². The van der Waals surface area contributed by atoms with Crippen LogP contribution in [0.4, 0.5) is 5.69 Å². The van der Waals surface area contributed by atoms with E-state index < -0.39 is 0 Å². The van der Waals surface area contributed by atoms with Gasteiger partial charge in [-0.1, -0.05) is 46.6 Å². The highest BCUT2D eigenvalue weighted by Crippen LogP contribution is 2.47. The zero-order valence-corrected chi connectivity index (χ0v) is 21.6. The van der Waals surface area contributed by atoms with E-state index in [-0.39, 0.29) is 12.1 Å². The number of carbonyl (C=O) groups is 1. The van der Waals surface area contributed by atoms with Crippen LogP contribution in [0.3, 0.4) is 0 Å². The minimum absolute atomic E-state index is 0.196. The molecule has 0 unspecified atom stereocenters. The Labute approximate surface area is 220 Å². The minimum atomic E-state index is -0.222. The highest BCUT2D eigenvalue weighted by atomic mass is 35.5. The van der Waals surface area contributed by atoms with E-state index in [2.05, 4.69) is 22.2 Å². The van der Waals surface area contributed by atoms with Crippen LogP contribution in [0.5, 0.6) is 0 Å². The highest BCUT2D eigenvalue weighted by molar-refractivity contribution is 6.39. The molecule has 1 saturated heterocycles. The lowest BCUT2D eigenvalue weighted by Gasteiger charge is -2.33. The van der Waals surface area contributed by atoms with Crippen LogP contribution in [-0.4, -0.2) is 36.9 Å². The van der Waals surface area contributed by atoms with E-state index >= 15 is 0 Å². The van der Waals surface area contributed by atoms with Crippen LogP contribution in [0.25, 0.3) is 11.3 Å². The zero-order chi connectivity index (χ0) is 24.8. The number of fused-ring (bicyclic) bond motifs is 2. The van der Waals surface area contributed by atoms with Crippen molar-refractivity contribution in [3.63, 3.8) is 0 Å². The van der Waals surface area contributed by atoms with E-state index in [4.69, 9.17) is 37.2 Å². The van der Waals surface area contributed by atoms with Gasteiger partial charge >= 0.3 is 5.97 Å². The topological polar surface area (TPSA) is 64.8 Å². The van der Waals surface area contributed by atoms with Gasteiger partial charge in [-0.15, -0.1) is 0 Å². The van der Waals surface area contributed by atoms with Crippen molar-refractivity contribution in [1.29, 1.82) is 0 Å². The number of esters is 1. The molecular formula is C28H28Cl2N2O4. The van der Waals surface area contributed by atoms with Crippen molar-refractivity contribution in [2.75, 3.05) is 18.6 Å². The van der Waals surface area contributed by atoms with E-state index in [9.17, 15) is 4.79 Å². The van der Waals surface area contributed by atoms with E-state index in [0.717, 1.165) is 49.1 Å². The van der Waals surface area contributed by atoms with Crippen LogP contribution in [0.2, 0.25) is 10.0 Å². The van der Waals surface area contributed by atoms with E-state index in [0.29, 0.717) is 52.2 Å². The van der Waals surface area contributed by atoms with Crippen molar-refractivity contribution >= 4 is 34.9 Å². The first-order valence-electron chi connectivity index (χ1n) is 12.5. The summed E-state index contributed by atoms with van der Waals surface area (Å²) in [5.74, 6) is 1.57. The summed E-state index contributed by atoms with van der Waals surface area (Å²) in [4.78, 5) is 14.0. The maximum Gasteiger partial charge on any atom is 0.309 e. The number of halogens is 2. The van der Waals surface area contributed by atoms with Crippen LogP contribution in [0.1, 0.15) is 48.5 Å². The molecule has 6 rings (SSSR count). The molecule has 2 aliphatic carbocycles. The fourth-order valence-corrected chi connectivity index (χ4v) is 6.29. The Morgan fingerprint density at radius 3 is 2.50 bits per heavy atom. The number of benzene rings is 2. The van der Waals surface area contributed by atoms with Gasteiger partial charge in [0.1, 0.15) is 11.5 Å². The van der Waals surface area contributed by atoms with Gasteiger partial charge in [0, 0.05) is 41.2 Å². The normalized spacial score (nSPS) is 22.9. The number of nitrogens with zero attached hydrogens (tertiary/aromatic N) is 2. The second-order valence-corrected chi connectivity index (χ2v) is 10.9. The predicted octanol–water partition coefficient (Wildman–Crippen LogP) is 6.43. The number of hydrogen-bond donors (Lipinski definition) is 0. The Kier molecular flexibility index (Phi) is 6.44. The lowest BCUT2D eigenvalue weighted by molar-refractivity contribution is -0.139. The number of anilines is 1. The monoisotopic (exact) mass is 526 g/mol. The lowest BCUT2D eigenvalue weighted by atomic mass is 10.0. The molecule has 1 aromatic heterocycles. The quantitative estimate of drug-likeness (QED) is 0.315. The first-order chi connectivity index (χ1) is 17.5. The SMILES string of the molecule is COC(=O)Cc1ccc(N2C[C@@H]3C[C@H]2C[C@H]3OCc2c(-c3c(Cl)cccc3Cl)noc2C2CC2)cc1. The van der Waals surface area contributed by atoms with Gasteiger partial charge in [0.25, 0.3) is 0 Å². The third-order valence-electron chi connectivity index (χ3n) is 7.73. The standard InChI is InChI=1S/C28H28Cl2N2O4/c1-34-25(33)11-16-5-9-19(10-6-16)32-14-18-12-20(32)13-24(18)35-15-21-27(31-36-28(21)17-7-8-17)26-22(29)3-2-4-23(26)30/h2-6,9-10,17-18,20,24H,7-8,11-15H2,1H3/t18-,20-,24+/m0/s1. The average molecular weight is 527 g/mol. The van der Waals surface area contributed by atoms with Crippen LogP contribution in [-0.2, 0) is 27.3 Å². The number of piperidine rings is 1. The fourth-order valence-electron chi connectivity index (χ4n) is 5.71. The van der Waals surface area contributed by atoms with Gasteiger partial charge in [0.2, 0.25) is 0 Å². The Hall–Kier alpha value is -2.54. The van der Waals surface area contributed by atoms with Gasteiger partial charge in [-0.25, -0.2) is 0 Å². The van der Waals surface area contributed by atoms with Gasteiger partial charge in [-0.05, 0) is 55.5 Å². The summed E-state index contributed by atoms with van der Waals surface area (Å²) in [6.45, 7) is 1.41. The fraction of sp³-hybridized carbons (Fsp3) is 0.429. The highest BCUT2D eigenvalue weighted by Gasteiger charge is 2.45. The molecule has 6 nitrogen and oxygen atoms in total. The van der Waals surface area contributed by atoms with Gasteiger partial charge in [-0.2, -0.15) is 0 Å². The number of carbonyl (C=O) groups excluding carboxylic acids is 1. The van der Waals surface area contributed by atoms with Crippen molar-refractivity contribution < 1.29 is 18.8 Å². The number of rotatable bonds is 8. The predicted molar refractivity (Wildman–Crippen MR) is 139 cm³/mol. The second kappa shape index (κ2) is 9.73. The molecule has 188 valence electrons. The molecular weight excluding hydrogens is 499 g/mol. The smallest absolute Gasteiger partial charge is 0.309 e. The summed E-state index contributed by atoms with van der Waals surface area (Å²) in [5, 5.41) is 5.51. The van der Waals surface area contributed by atoms with Gasteiger partial charge in [0.15, 0.2) is 0 Å². The molecule has 3 aliphatic rings. The van der Waals surface area contributed by atoms with E-state index in [1.54, 1.807) is 0 Å². The molecule has 2 aromatic carbocycles.